The van der Waals surface area contributed by atoms with Gasteiger partial charge in [-0.2, -0.15) is 5.10 Å². The molecule has 0 saturated heterocycles. The second-order valence-corrected chi connectivity index (χ2v) is 9.11. The number of nitrogens with zero attached hydrogens (tertiary/aromatic N) is 3. The minimum atomic E-state index is -0.167. The molecule has 0 aliphatic rings. The zero-order valence-corrected chi connectivity index (χ0v) is 21.0. The topological polar surface area (TPSA) is 80.0 Å². The number of nitrogens with one attached hydrogen (secondary N) is 1. The molecule has 1 unspecified atom stereocenters. The van der Waals surface area contributed by atoms with Crippen LogP contribution in [-0.4, -0.2) is 38.4 Å². The summed E-state index contributed by atoms with van der Waals surface area (Å²) >= 11 is 0. The average Bonchev–Trinajstić information content (AvgIpc) is 3.30. The Bertz CT molecular complexity index is 748. The van der Waals surface area contributed by atoms with E-state index in [0.29, 0.717) is 12.3 Å². The highest BCUT2D eigenvalue weighted by Crippen LogP contribution is 2.32. The van der Waals surface area contributed by atoms with E-state index in [1.54, 1.807) is 19.6 Å². The van der Waals surface area contributed by atoms with E-state index in [0.717, 1.165) is 45.1 Å². The first-order valence-corrected chi connectivity index (χ1v) is 12.2. The number of carbonyl (C=O) groups is 1. The third kappa shape index (κ3) is 13.6. The lowest BCUT2D eigenvalue weighted by Gasteiger charge is -2.30. The van der Waals surface area contributed by atoms with Gasteiger partial charge in [-0.15, -0.1) is 0 Å². The Morgan fingerprint density at radius 3 is 2.30 bits per heavy atom. The van der Waals surface area contributed by atoms with Gasteiger partial charge in [-0.05, 0) is 50.4 Å². The molecule has 0 spiro atoms. The average molecular weight is 457 g/mol. The van der Waals surface area contributed by atoms with Crippen LogP contribution in [0.2, 0.25) is 0 Å². The second-order valence-electron chi connectivity index (χ2n) is 9.11. The molecular weight excluding hydrogens is 412 g/mol. The summed E-state index contributed by atoms with van der Waals surface area (Å²) in [5.74, 6) is 0.523. The molecule has 0 bridgehead atoms. The molecule has 1 aromatic rings. The standard InChI is InChI=1S/C27H44N4O2/c1-5-25(20-31-23-28-22-29-31)27(3,4)19-17-15-13-11-9-7-6-8-10-12-14-16-18-26(33)30-24(2)21-32/h6-7,10-13,17,19,22-25,32H,5,8-9,14-16,18,20-21H2,1-4H3,(H,30,33)/b7-6-,12-10-,13-11-,19-17-/t24-,25?/m1/s1. The van der Waals surface area contributed by atoms with E-state index < -0.39 is 0 Å². The number of unbranched alkanes of at least 4 members (excludes halogenated alkanes) is 1. The number of carbonyl (C=O) groups excluding carboxylic acids is 1. The number of amides is 1. The molecule has 0 fully saturated rings. The molecule has 0 aliphatic carbocycles. The number of aliphatic hydroxyl groups excluding tert-OH is 1. The first kappa shape index (κ1) is 28.6. The van der Waals surface area contributed by atoms with Crippen LogP contribution in [0.5, 0.6) is 0 Å². The fourth-order valence-electron chi connectivity index (χ4n) is 3.56. The predicted molar refractivity (Wildman–Crippen MR) is 137 cm³/mol. The normalized spacial score (nSPS) is 14.7. The van der Waals surface area contributed by atoms with Crippen LogP contribution in [0.3, 0.4) is 0 Å². The van der Waals surface area contributed by atoms with Crippen LogP contribution >= 0.6 is 0 Å². The van der Waals surface area contributed by atoms with Crippen LogP contribution in [0, 0.1) is 11.3 Å². The van der Waals surface area contributed by atoms with Crippen LogP contribution < -0.4 is 5.32 Å². The molecule has 1 amide bonds. The molecule has 2 N–H and O–H groups in total. The Hall–Kier alpha value is -2.47. The predicted octanol–water partition coefficient (Wildman–Crippen LogP) is 5.39. The van der Waals surface area contributed by atoms with Crippen molar-refractivity contribution in [1.29, 1.82) is 0 Å². The molecule has 1 heterocycles. The first-order chi connectivity index (χ1) is 15.9. The third-order valence-corrected chi connectivity index (χ3v) is 5.74. The SMILES string of the molecule is CCC(Cn1cncn1)C(C)(C)/C=C\C/C=C\C/C=C\C/C=C\CCCC(=O)N[C@H](C)CO. The smallest absolute Gasteiger partial charge is 0.220 e. The Labute approximate surface area is 200 Å². The number of hydrogen-bond donors (Lipinski definition) is 2. The zero-order valence-electron chi connectivity index (χ0n) is 21.0. The molecule has 0 aromatic carbocycles. The first-order valence-electron chi connectivity index (χ1n) is 12.2. The van der Waals surface area contributed by atoms with Gasteiger partial charge in [0.25, 0.3) is 0 Å². The maximum absolute atomic E-state index is 11.6. The van der Waals surface area contributed by atoms with Gasteiger partial charge in [-0.25, -0.2) is 4.98 Å². The summed E-state index contributed by atoms with van der Waals surface area (Å²) in [5.41, 5.74) is 0.114. The summed E-state index contributed by atoms with van der Waals surface area (Å²) in [4.78, 5) is 15.6. The van der Waals surface area contributed by atoms with Gasteiger partial charge in [-0.1, -0.05) is 75.8 Å². The lowest BCUT2D eigenvalue weighted by Crippen LogP contribution is -2.34. The summed E-state index contributed by atoms with van der Waals surface area (Å²) in [7, 11) is 0. The van der Waals surface area contributed by atoms with E-state index in [-0.39, 0.29) is 24.0 Å². The molecule has 2 atom stereocenters. The van der Waals surface area contributed by atoms with Crippen molar-refractivity contribution in [3.05, 3.63) is 61.3 Å². The summed E-state index contributed by atoms with van der Waals surface area (Å²) in [6, 6.07) is -0.167. The van der Waals surface area contributed by atoms with E-state index in [2.05, 4.69) is 84.8 Å². The van der Waals surface area contributed by atoms with Gasteiger partial charge in [0.05, 0.1) is 6.61 Å². The van der Waals surface area contributed by atoms with Crippen molar-refractivity contribution >= 4 is 5.91 Å². The summed E-state index contributed by atoms with van der Waals surface area (Å²) in [5, 5.41) is 15.9. The van der Waals surface area contributed by atoms with Crippen molar-refractivity contribution in [2.75, 3.05) is 6.61 Å². The molecule has 0 aliphatic heterocycles. The fourth-order valence-corrected chi connectivity index (χ4v) is 3.56. The minimum Gasteiger partial charge on any atom is -0.394 e. The van der Waals surface area contributed by atoms with Crippen molar-refractivity contribution < 1.29 is 9.90 Å². The highest BCUT2D eigenvalue weighted by molar-refractivity contribution is 5.76. The lowest BCUT2D eigenvalue weighted by atomic mass is 9.77. The van der Waals surface area contributed by atoms with Gasteiger partial charge in [0.15, 0.2) is 0 Å². The highest BCUT2D eigenvalue weighted by Gasteiger charge is 2.25. The van der Waals surface area contributed by atoms with E-state index >= 15 is 0 Å². The second kappa shape index (κ2) is 17.1. The van der Waals surface area contributed by atoms with Crippen molar-refractivity contribution in [1.82, 2.24) is 20.1 Å². The molecule has 1 aromatic heterocycles. The fraction of sp³-hybridized carbons (Fsp3) is 0.593. The number of allylic oxidation sites excluding steroid dienone is 8. The van der Waals surface area contributed by atoms with Crippen molar-refractivity contribution in [3.8, 4) is 0 Å². The Balaban J connectivity index is 2.16. The van der Waals surface area contributed by atoms with E-state index in [4.69, 9.17) is 5.11 Å². The summed E-state index contributed by atoms with van der Waals surface area (Å²) in [6.45, 7) is 9.48. The van der Waals surface area contributed by atoms with Crippen molar-refractivity contribution in [2.24, 2.45) is 11.3 Å². The molecule has 33 heavy (non-hydrogen) atoms. The van der Waals surface area contributed by atoms with E-state index in [1.165, 1.54) is 0 Å². The minimum absolute atomic E-state index is 0.00649. The number of rotatable bonds is 17. The summed E-state index contributed by atoms with van der Waals surface area (Å²) < 4.78 is 1.92. The van der Waals surface area contributed by atoms with Gasteiger partial charge in [0.2, 0.25) is 5.91 Å². The third-order valence-electron chi connectivity index (χ3n) is 5.74. The van der Waals surface area contributed by atoms with E-state index in [9.17, 15) is 4.79 Å². The van der Waals surface area contributed by atoms with Crippen LogP contribution in [-0.2, 0) is 11.3 Å². The van der Waals surface area contributed by atoms with E-state index in [1.807, 2.05) is 4.68 Å². The van der Waals surface area contributed by atoms with Crippen LogP contribution in [0.1, 0.15) is 72.6 Å². The van der Waals surface area contributed by atoms with Gasteiger partial charge in [0, 0.05) is 19.0 Å². The highest BCUT2D eigenvalue weighted by atomic mass is 16.3. The quantitative estimate of drug-likeness (QED) is 0.243. The van der Waals surface area contributed by atoms with Crippen LogP contribution in [0.15, 0.2) is 61.3 Å². The number of aromatic nitrogens is 3. The molecule has 6 heteroatoms. The molecule has 0 radical (unpaired) electrons. The Morgan fingerprint density at radius 2 is 1.73 bits per heavy atom. The molecule has 0 saturated carbocycles. The molecular formula is C27H44N4O2. The number of aliphatic hydroxyl groups is 1. The van der Waals surface area contributed by atoms with Gasteiger partial charge in [-0.3, -0.25) is 9.48 Å². The molecule has 1 rings (SSSR count). The number of hydrogen-bond acceptors (Lipinski definition) is 4. The Morgan fingerprint density at radius 1 is 1.09 bits per heavy atom. The van der Waals surface area contributed by atoms with Crippen molar-refractivity contribution in [2.45, 2.75) is 85.2 Å². The van der Waals surface area contributed by atoms with Gasteiger partial charge in [0.1, 0.15) is 12.7 Å². The van der Waals surface area contributed by atoms with Crippen molar-refractivity contribution in [3.63, 3.8) is 0 Å². The van der Waals surface area contributed by atoms with Gasteiger partial charge >= 0.3 is 0 Å². The lowest BCUT2D eigenvalue weighted by molar-refractivity contribution is -0.122. The molecule has 184 valence electrons. The van der Waals surface area contributed by atoms with Crippen LogP contribution in [0.4, 0.5) is 0 Å². The maximum Gasteiger partial charge on any atom is 0.220 e. The zero-order chi connectivity index (χ0) is 24.4. The Kier molecular flexibility index (Phi) is 14.8. The maximum atomic E-state index is 11.6. The molecule has 6 nitrogen and oxygen atoms in total. The van der Waals surface area contributed by atoms with Crippen LogP contribution in [0.25, 0.3) is 0 Å². The monoisotopic (exact) mass is 456 g/mol. The largest absolute Gasteiger partial charge is 0.394 e. The van der Waals surface area contributed by atoms with Gasteiger partial charge < -0.3 is 10.4 Å². The summed E-state index contributed by atoms with van der Waals surface area (Å²) in [6.07, 6.45) is 27.2.